The standard InChI is InChI=1S/C27H26Cl2F3N3O3/c28-20-9-5-17(6-10-20)16-34(14-13-18-3-1-2-4-23(18)29)25(36)22-15-33-35(24(22)27(30,31)32)21-11-7-19(8-12-21)26(37)38/h1-6,9-10,15,19,21H,7-8,11-14,16H2,(H,37,38). The first-order valence-electron chi connectivity index (χ1n) is 12.2. The van der Waals surface area contributed by atoms with Crippen LogP contribution >= 0.6 is 23.2 Å². The molecule has 3 aromatic rings. The van der Waals surface area contributed by atoms with Gasteiger partial charge < -0.3 is 10.0 Å². The summed E-state index contributed by atoms with van der Waals surface area (Å²) in [6, 6.07) is 13.2. The molecule has 6 nitrogen and oxygen atoms in total. The number of carbonyl (C=O) groups excluding carboxylic acids is 1. The molecule has 1 saturated carbocycles. The van der Waals surface area contributed by atoms with E-state index in [1.807, 2.05) is 0 Å². The first-order valence-corrected chi connectivity index (χ1v) is 12.9. The minimum absolute atomic E-state index is 0.0622. The predicted octanol–water partition coefficient (Wildman–Crippen LogP) is 6.91. The summed E-state index contributed by atoms with van der Waals surface area (Å²) in [5, 5.41) is 14.2. The molecule has 38 heavy (non-hydrogen) atoms. The molecule has 11 heteroatoms. The molecule has 202 valence electrons. The van der Waals surface area contributed by atoms with Gasteiger partial charge in [0.15, 0.2) is 5.69 Å². The molecule has 0 radical (unpaired) electrons. The Balaban J connectivity index is 1.64. The Kier molecular flexibility index (Phi) is 8.67. The van der Waals surface area contributed by atoms with Gasteiger partial charge in [-0.2, -0.15) is 18.3 Å². The lowest BCUT2D eigenvalue weighted by atomic mass is 9.86. The van der Waals surface area contributed by atoms with E-state index in [9.17, 15) is 27.9 Å². The number of aromatic nitrogens is 2. The molecule has 1 aromatic heterocycles. The van der Waals surface area contributed by atoms with Crippen LogP contribution in [0.5, 0.6) is 0 Å². The Morgan fingerprint density at radius 2 is 1.68 bits per heavy atom. The summed E-state index contributed by atoms with van der Waals surface area (Å²) in [5.74, 6) is -2.34. The van der Waals surface area contributed by atoms with Crippen molar-refractivity contribution >= 4 is 35.1 Å². The van der Waals surface area contributed by atoms with Gasteiger partial charge in [0.05, 0.1) is 23.7 Å². The van der Waals surface area contributed by atoms with E-state index in [0.717, 1.165) is 16.4 Å². The zero-order valence-electron chi connectivity index (χ0n) is 20.3. The van der Waals surface area contributed by atoms with Gasteiger partial charge in [0, 0.05) is 23.1 Å². The summed E-state index contributed by atoms with van der Waals surface area (Å²) in [6.45, 7) is 0.185. The fourth-order valence-corrected chi connectivity index (χ4v) is 5.19. The van der Waals surface area contributed by atoms with Gasteiger partial charge in [-0.1, -0.05) is 53.5 Å². The number of hydrogen-bond donors (Lipinski definition) is 1. The molecule has 0 atom stereocenters. The molecule has 1 amide bonds. The van der Waals surface area contributed by atoms with E-state index < -0.39 is 41.3 Å². The lowest BCUT2D eigenvalue weighted by Crippen LogP contribution is -2.34. The van der Waals surface area contributed by atoms with Crippen molar-refractivity contribution in [3.8, 4) is 0 Å². The molecule has 0 saturated heterocycles. The maximum absolute atomic E-state index is 14.3. The maximum atomic E-state index is 14.3. The van der Waals surface area contributed by atoms with Crippen LogP contribution in [-0.4, -0.2) is 38.2 Å². The molecule has 2 aromatic carbocycles. The summed E-state index contributed by atoms with van der Waals surface area (Å²) in [6.07, 6.45) is -2.55. The molecule has 0 spiro atoms. The van der Waals surface area contributed by atoms with Crippen molar-refractivity contribution < 1.29 is 27.9 Å². The highest BCUT2D eigenvalue weighted by Crippen LogP contribution is 2.39. The van der Waals surface area contributed by atoms with Crippen LogP contribution in [0.15, 0.2) is 54.7 Å². The molecule has 1 N–H and O–H groups in total. The van der Waals surface area contributed by atoms with Crippen LogP contribution in [0.4, 0.5) is 13.2 Å². The number of aliphatic carboxylic acids is 1. The Bertz CT molecular complexity index is 1290. The molecule has 1 aliphatic rings. The van der Waals surface area contributed by atoms with E-state index >= 15 is 0 Å². The number of amides is 1. The summed E-state index contributed by atoms with van der Waals surface area (Å²) in [4.78, 5) is 26.3. The minimum atomic E-state index is -4.83. The van der Waals surface area contributed by atoms with Crippen molar-refractivity contribution in [1.82, 2.24) is 14.7 Å². The fourth-order valence-electron chi connectivity index (χ4n) is 4.84. The molecule has 1 aliphatic carbocycles. The predicted molar refractivity (Wildman–Crippen MR) is 137 cm³/mol. The smallest absolute Gasteiger partial charge is 0.433 e. The third kappa shape index (κ3) is 6.50. The largest absolute Gasteiger partial charge is 0.481 e. The lowest BCUT2D eigenvalue weighted by molar-refractivity contribution is -0.147. The van der Waals surface area contributed by atoms with Gasteiger partial charge in [0.1, 0.15) is 0 Å². The minimum Gasteiger partial charge on any atom is -0.481 e. The quantitative estimate of drug-likeness (QED) is 0.321. The Hall–Kier alpha value is -3.04. The maximum Gasteiger partial charge on any atom is 0.433 e. The van der Waals surface area contributed by atoms with Gasteiger partial charge in [0.2, 0.25) is 0 Å². The van der Waals surface area contributed by atoms with Crippen molar-refractivity contribution in [1.29, 1.82) is 0 Å². The van der Waals surface area contributed by atoms with E-state index in [1.165, 1.54) is 4.90 Å². The summed E-state index contributed by atoms with van der Waals surface area (Å²) < 4.78 is 43.9. The van der Waals surface area contributed by atoms with Crippen LogP contribution in [0.25, 0.3) is 0 Å². The number of alkyl halides is 3. The molecule has 4 rings (SSSR count). The topological polar surface area (TPSA) is 75.4 Å². The summed E-state index contributed by atoms with van der Waals surface area (Å²) in [5.41, 5.74) is -0.175. The zero-order valence-corrected chi connectivity index (χ0v) is 21.8. The van der Waals surface area contributed by atoms with Crippen LogP contribution in [0.3, 0.4) is 0 Å². The van der Waals surface area contributed by atoms with Gasteiger partial charge in [-0.15, -0.1) is 0 Å². The van der Waals surface area contributed by atoms with Crippen molar-refractivity contribution in [2.24, 2.45) is 5.92 Å². The van der Waals surface area contributed by atoms with Crippen molar-refractivity contribution in [3.05, 3.63) is 87.2 Å². The number of hydrogen-bond acceptors (Lipinski definition) is 3. The van der Waals surface area contributed by atoms with Gasteiger partial charge in [-0.05, 0) is 61.4 Å². The number of carbonyl (C=O) groups is 2. The van der Waals surface area contributed by atoms with Gasteiger partial charge in [-0.3, -0.25) is 14.3 Å². The Morgan fingerprint density at radius 1 is 1.03 bits per heavy atom. The lowest BCUT2D eigenvalue weighted by Gasteiger charge is -2.28. The summed E-state index contributed by atoms with van der Waals surface area (Å²) in [7, 11) is 0. The van der Waals surface area contributed by atoms with Crippen molar-refractivity contribution in [3.63, 3.8) is 0 Å². The SMILES string of the molecule is O=C(O)C1CCC(n2ncc(C(=O)N(CCc3ccccc3Cl)Cc3ccc(Cl)cc3)c2C(F)(F)F)CC1. The number of carboxylic acid groups (broad SMARTS) is 1. The molecule has 0 unspecified atom stereocenters. The zero-order chi connectivity index (χ0) is 27.4. The first-order chi connectivity index (χ1) is 18.0. The van der Waals surface area contributed by atoms with E-state index in [-0.39, 0.29) is 38.8 Å². The molecule has 1 heterocycles. The second-order valence-electron chi connectivity index (χ2n) is 9.39. The highest BCUT2D eigenvalue weighted by Gasteiger charge is 2.43. The molecule has 1 fully saturated rings. The fraction of sp³-hybridized carbons (Fsp3) is 0.370. The normalized spacial score (nSPS) is 17.8. The number of halogens is 5. The first kappa shape index (κ1) is 28.0. The van der Waals surface area contributed by atoms with E-state index in [1.54, 1.807) is 48.5 Å². The highest BCUT2D eigenvalue weighted by molar-refractivity contribution is 6.31. The van der Waals surface area contributed by atoms with E-state index in [2.05, 4.69) is 5.10 Å². The third-order valence-corrected chi connectivity index (χ3v) is 7.49. The number of rotatable bonds is 8. The summed E-state index contributed by atoms with van der Waals surface area (Å²) >= 11 is 12.2. The van der Waals surface area contributed by atoms with Crippen LogP contribution in [0.1, 0.15) is 58.9 Å². The average Bonchev–Trinajstić information content (AvgIpc) is 3.34. The number of nitrogens with zero attached hydrogens (tertiary/aromatic N) is 3. The van der Waals surface area contributed by atoms with Crippen LogP contribution in [-0.2, 0) is 23.9 Å². The second kappa shape index (κ2) is 11.8. The van der Waals surface area contributed by atoms with Gasteiger partial charge >= 0.3 is 12.1 Å². The van der Waals surface area contributed by atoms with Gasteiger partial charge in [-0.25, -0.2) is 0 Å². The van der Waals surface area contributed by atoms with E-state index in [4.69, 9.17) is 23.2 Å². The Morgan fingerprint density at radius 3 is 2.29 bits per heavy atom. The van der Waals surface area contributed by atoms with E-state index in [0.29, 0.717) is 22.0 Å². The second-order valence-corrected chi connectivity index (χ2v) is 10.2. The monoisotopic (exact) mass is 567 g/mol. The van der Waals surface area contributed by atoms with Crippen molar-refractivity contribution in [2.75, 3.05) is 6.54 Å². The van der Waals surface area contributed by atoms with Crippen LogP contribution in [0, 0.1) is 5.92 Å². The van der Waals surface area contributed by atoms with Gasteiger partial charge in [0.25, 0.3) is 5.91 Å². The molecule has 0 aliphatic heterocycles. The Labute approximate surface area is 228 Å². The third-order valence-electron chi connectivity index (χ3n) is 6.87. The molecule has 0 bridgehead atoms. The number of carboxylic acids is 1. The number of benzene rings is 2. The highest BCUT2D eigenvalue weighted by atomic mass is 35.5. The molecular formula is C27H26Cl2F3N3O3. The van der Waals surface area contributed by atoms with Crippen molar-refractivity contribution in [2.45, 2.75) is 50.9 Å². The van der Waals surface area contributed by atoms with Crippen LogP contribution in [0.2, 0.25) is 10.0 Å². The average molecular weight is 568 g/mol. The molecular weight excluding hydrogens is 542 g/mol. The van der Waals surface area contributed by atoms with Crippen LogP contribution < -0.4 is 0 Å².